The normalized spacial score (nSPS) is 15.1. The van der Waals surface area contributed by atoms with Crippen molar-refractivity contribution < 1.29 is 13.6 Å². The average Bonchev–Trinajstić information content (AvgIpc) is 3.35. The molecule has 1 aliphatic rings. The largest absolute Gasteiger partial charge is 0.755 e. The first-order valence-electron chi connectivity index (χ1n) is 10.8. The minimum Gasteiger partial charge on any atom is -0.755 e. The first-order valence-corrected chi connectivity index (χ1v) is 12.3. The van der Waals surface area contributed by atoms with Crippen LogP contribution in [0, 0.1) is 19.8 Å². The van der Waals surface area contributed by atoms with Gasteiger partial charge in [0, 0.05) is 56.6 Å². The van der Waals surface area contributed by atoms with Crippen LogP contribution in [0.4, 0.5) is 5.69 Å². The van der Waals surface area contributed by atoms with Crippen LogP contribution in [0.25, 0.3) is 16.8 Å². The Kier molecular flexibility index (Phi) is 6.84. The van der Waals surface area contributed by atoms with Gasteiger partial charge in [-0.15, -0.1) is 0 Å². The molecule has 1 N–H and O–H groups in total. The SMILES string of the molecule is Cc1c(C(=O)CC2CCCC2)c(-c2ccc(NS(=O)[O-])cc2)c(C)n1-c1ccc(Cl)cc1. The van der Waals surface area contributed by atoms with Crippen molar-refractivity contribution in [3.63, 3.8) is 0 Å². The zero-order valence-corrected chi connectivity index (χ0v) is 19.8. The number of carbonyl (C=O) groups excluding carboxylic acids is 1. The predicted molar refractivity (Wildman–Crippen MR) is 129 cm³/mol. The number of benzene rings is 2. The Morgan fingerprint density at radius 1 is 1.06 bits per heavy atom. The molecule has 1 fully saturated rings. The highest BCUT2D eigenvalue weighted by Gasteiger charge is 2.27. The van der Waals surface area contributed by atoms with Crippen molar-refractivity contribution in [3.05, 3.63) is 70.5 Å². The van der Waals surface area contributed by atoms with Gasteiger partial charge in [0.1, 0.15) is 0 Å². The molecular formula is C25H26ClN2O3S-. The summed E-state index contributed by atoms with van der Waals surface area (Å²) in [6, 6.07) is 14.7. The Balaban J connectivity index is 1.82. The summed E-state index contributed by atoms with van der Waals surface area (Å²) in [5, 5.41) is 0.660. The van der Waals surface area contributed by atoms with Gasteiger partial charge >= 0.3 is 0 Å². The summed E-state index contributed by atoms with van der Waals surface area (Å²) in [6.07, 6.45) is 5.19. The molecule has 0 aliphatic heterocycles. The second-order valence-electron chi connectivity index (χ2n) is 8.42. The van der Waals surface area contributed by atoms with Gasteiger partial charge in [-0.1, -0.05) is 49.4 Å². The van der Waals surface area contributed by atoms with Gasteiger partial charge in [0.25, 0.3) is 0 Å². The molecule has 0 bridgehead atoms. The van der Waals surface area contributed by atoms with Crippen LogP contribution < -0.4 is 4.72 Å². The number of hydrogen-bond donors (Lipinski definition) is 1. The van der Waals surface area contributed by atoms with Crippen molar-refractivity contribution in [1.29, 1.82) is 0 Å². The summed E-state index contributed by atoms with van der Waals surface area (Å²) in [7, 11) is 0. The van der Waals surface area contributed by atoms with Crippen LogP contribution in [0.3, 0.4) is 0 Å². The lowest BCUT2D eigenvalue weighted by atomic mass is 9.92. The zero-order valence-electron chi connectivity index (χ0n) is 18.2. The van der Waals surface area contributed by atoms with Crippen molar-refractivity contribution >= 4 is 34.3 Å². The lowest BCUT2D eigenvalue weighted by Gasteiger charge is -2.12. The Labute approximate surface area is 196 Å². The van der Waals surface area contributed by atoms with E-state index in [1.54, 1.807) is 12.1 Å². The Morgan fingerprint density at radius 2 is 1.69 bits per heavy atom. The van der Waals surface area contributed by atoms with Gasteiger partial charge in [-0.25, -0.2) is 0 Å². The highest BCUT2D eigenvalue weighted by molar-refractivity contribution is 7.80. The number of carbonyl (C=O) groups is 1. The molecule has 5 nitrogen and oxygen atoms in total. The summed E-state index contributed by atoms with van der Waals surface area (Å²) in [5.74, 6) is 0.621. The fourth-order valence-corrected chi connectivity index (χ4v) is 5.34. The molecule has 1 aromatic heterocycles. The maximum atomic E-state index is 13.6. The number of aromatic nitrogens is 1. The van der Waals surface area contributed by atoms with Crippen molar-refractivity contribution in [2.75, 3.05) is 4.72 Å². The van der Waals surface area contributed by atoms with Crippen LogP contribution in [0.15, 0.2) is 48.5 Å². The quantitative estimate of drug-likeness (QED) is 0.322. The number of nitrogens with zero attached hydrogens (tertiary/aromatic N) is 1. The van der Waals surface area contributed by atoms with E-state index in [0.29, 0.717) is 23.0 Å². The van der Waals surface area contributed by atoms with Gasteiger partial charge in [-0.2, -0.15) is 0 Å². The van der Waals surface area contributed by atoms with Crippen LogP contribution in [-0.4, -0.2) is 19.1 Å². The van der Waals surface area contributed by atoms with Gasteiger partial charge < -0.3 is 13.8 Å². The van der Waals surface area contributed by atoms with Gasteiger partial charge in [0.2, 0.25) is 0 Å². The monoisotopic (exact) mass is 469 g/mol. The summed E-state index contributed by atoms with van der Waals surface area (Å²) >= 11 is 3.71. The van der Waals surface area contributed by atoms with Crippen molar-refractivity contribution in [1.82, 2.24) is 4.57 Å². The number of rotatable bonds is 7. The number of hydrogen-bond acceptors (Lipinski definition) is 3. The van der Waals surface area contributed by atoms with E-state index in [9.17, 15) is 13.6 Å². The van der Waals surface area contributed by atoms with Gasteiger partial charge in [-0.3, -0.25) is 9.00 Å². The van der Waals surface area contributed by atoms with E-state index in [4.69, 9.17) is 11.6 Å². The summed E-state index contributed by atoms with van der Waals surface area (Å²) in [4.78, 5) is 13.6. The molecule has 7 heteroatoms. The van der Waals surface area contributed by atoms with Gasteiger partial charge in [0.05, 0.1) is 0 Å². The number of nitrogens with one attached hydrogen (secondary N) is 1. The lowest BCUT2D eigenvalue weighted by molar-refractivity contribution is 0.0962. The fraction of sp³-hybridized carbons (Fsp3) is 0.320. The Hall–Kier alpha value is -2.41. The molecule has 2 aromatic carbocycles. The number of halogens is 1. The topological polar surface area (TPSA) is 74.2 Å². The lowest BCUT2D eigenvalue weighted by Crippen LogP contribution is -2.08. The molecule has 4 rings (SSSR count). The zero-order chi connectivity index (χ0) is 22.8. The van der Waals surface area contributed by atoms with Gasteiger partial charge in [0.15, 0.2) is 5.78 Å². The molecule has 0 saturated heterocycles. The van der Waals surface area contributed by atoms with Crippen LogP contribution in [0.5, 0.6) is 0 Å². The van der Waals surface area contributed by atoms with E-state index in [0.717, 1.165) is 46.6 Å². The molecule has 1 aliphatic carbocycles. The van der Waals surface area contributed by atoms with Crippen LogP contribution in [-0.2, 0) is 11.3 Å². The van der Waals surface area contributed by atoms with Crippen molar-refractivity contribution in [3.8, 4) is 16.8 Å². The van der Waals surface area contributed by atoms with Crippen molar-refractivity contribution in [2.45, 2.75) is 46.0 Å². The van der Waals surface area contributed by atoms with Crippen LogP contribution in [0.2, 0.25) is 5.02 Å². The van der Waals surface area contributed by atoms with Crippen LogP contribution >= 0.6 is 11.6 Å². The molecule has 3 aromatic rings. The standard InChI is InChI=1S/C25H27ClN2O3S/c1-16-24(19-7-11-21(12-8-19)27-32(30)31)25(23(29)15-18-5-3-4-6-18)17(2)28(16)22-13-9-20(26)10-14-22/h7-14,18,27H,3-6,15H2,1-2H3,(H,30,31)/p-1. The molecule has 32 heavy (non-hydrogen) atoms. The number of anilines is 1. The second kappa shape index (κ2) is 9.61. The first-order chi connectivity index (χ1) is 15.3. The third kappa shape index (κ3) is 4.68. The summed E-state index contributed by atoms with van der Waals surface area (Å²) < 4.78 is 26.4. The maximum Gasteiger partial charge on any atom is 0.165 e. The smallest absolute Gasteiger partial charge is 0.165 e. The van der Waals surface area contributed by atoms with Crippen molar-refractivity contribution in [2.24, 2.45) is 5.92 Å². The number of ketones is 1. The number of Topliss-reactive ketones (excluding diaryl/α,β-unsaturated/α-hetero) is 1. The Morgan fingerprint density at radius 3 is 2.28 bits per heavy atom. The summed E-state index contributed by atoms with van der Waals surface area (Å²) in [6.45, 7) is 4.01. The van der Waals surface area contributed by atoms with Gasteiger partial charge in [-0.05, 0) is 61.7 Å². The molecule has 1 unspecified atom stereocenters. The maximum absolute atomic E-state index is 13.6. The third-order valence-electron chi connectivity index (χ3n) is 6.33. The fourth-order valence-electron chi connectivity index (χ4n) is 4.89. The minimum absolute atomic E-state index is 0.170. The molecular weight excluding hydrogens is 444 g/mol. The molecule has 1 atom stereocenters. The predicted octanol–water partition coefficient (Wildman–Crippen LogP) is 6.38. The summed E-state index contributed by atoms with van der Waals surface area (Å²) in [5.41, 5.74) is 5.83. The second-order valence-corrected chi connectivity index (χ2v) is 9.53. The highest BCUT2D eigenvalue weighted by Crippen LogP contribution is 2.38. The average molecular weight is 470 g/mol. The van der Waals surface area contributed by atoms with E-state index in [1.165, 1.54) is 12.8 Å². The van der Waals surface area contributed by atoms with E-state index in [1.807, 2.05) is 50.2 Å². The molecule has 1 heterocycles. The molecule has 1 saturated carbocycles. The van der Waals surface area contributed by atoms with E-state index in [2.05, 4.69) is 9.29 Å². The highest BCUT2D eigenvalue weighted by atomic mass is 35.5. The Bertz CT molecular complexity index is 1150. The van der Waals surface area contributed by atoms with Crippen LogP contribution in [0.1, 0.15) is 53.8 Å². The molecule has 0 spiro atoms. The van der Waals surface area contributed by atoms with E-state index < -0.39 is 11.3 Å². The first kappa shape index (κ1) is 22.8. The van der Waals surface area contributed by atoms with E-state index in [-0.39, 0.29) is 5.78 Å². The third-order valence-corrected chi connectivity index (χ3v) is 6.99. The minimum atomic E-state index is -2.38. The molecule has 0 amide bonds. The van der Waals surface area contributed by atoms with E-state index >= 15 is 0 Å². The molecule has 168 valence electrons. The molecule has 0 radical (unpaired) electrons.